The first-order valence-corrected chi connectivity index (χ1v) is 33.7. The summed E-state index contributed by atoms with van der Waals surface area (Å²) in [5.74, 6) is 0. The lowest BCUT2D eigenvalue weighted by Crippen LogP contribution is -1.94. The molecule has 0 fully saturated rings. The number of benzene rings is 16. The van der Waals surface area contributed by atoms with Gasteiger partial charge in [-0.25, -0.2) is 0 Å². The Hall–Kier alpha value is -13.0. The molecule has 4 nitrogen and oxygen atoms in total. The average Bonchev–Trinajstić information content (AvgIpc) is 1.60. The van der Waals surface area contributed by atoms with E-state index in [-0.39, 0.29) is 0 Å². The van der Waals surface area contributed by atoms with Crippen LogP contribution in [0.3, 0.4) is 0 Å². The van der Waals surface area contributed by atoms with Crippen LogP contribution in [0, 0.1) is 0 Å². The fourth-order valence-electron chi connectivity index (χ4n) is 15.4. The van der Waals surface area contributed by atoms with Gasteiger partial charge in [-0.3, -0.25) is 0 Å². The molecule has 4 heterocycles. The van der Waals surface area contributed by atoms with Gasteiger partial charge >= 0.3 is 0 Å². The molecule has 0 aliphatic carbocycles. The van der Waals surface area contributed by atoms with Crippen molar-refractivity contribution in [3.05, 3.63) is 376 Å². The van der Waals surface area contributed by atoms with Crippen LogP contribution >= 0.6 is 0 Å². The third kappa shape index (κ3) is 9.60. The van der Waals surface area contributed by atoms with Crippen LogP contribution in [0.1, 0.15) is 0 Å². The first-order chi connectivity index (χ1) is 48.6. The van der Waals surface area contributed by atoms with Gasteiger partial charge in [0.1, 0.15) is 0 Å². The maximum Gasteiger partial charge on any atom is 0.0541 e. The minimum absolute atomic E-state index is 1.16. The molecule has 0 spiro atoms. The van der Waals surface area contributed by atoms with Crippen molar-refractivity contribution < 1.29 is 0 Å². The predicted octanol–water partition coefficient (Wildman–Crippen LogP) is 25.2. The van der Waals surface area contributed by atoms with E-state index in [9.17, 15) is 0 Å². The Morgan fingerprint density at radius 3 is 0.694 bits per heavy atom. The highest BCUT2D eigenvalue weighted by Gasteiger charge is 2.20. The van der Waals surface area contributed by atoms with E-state index >= 15 is 0 Å². The molecule has 0 bridgehead atoms. The molecule has 0 N–H and O–H groups in total. The number of aromatic nitrogens is 4. The van der Waals surface area contributed by atoms with Gasteiger partial charge in [-0.15, -0.1) is 0 Å². The van der Waals surface area contributed by atoms with Gasteiger partial charge < -0.3 is 18.3 Å². The van der Waals surface area contributed by atoms with Crippen LogP contribution in [0.25, 0.3) is 176 Å². The first kappa shape index (κ1) is 56.5. The molecule has 4 heteroatoms. The predicted molar refractivity (Wildman–Crippen MR) is 415 cm³/mol. The highest BCUT2D eigenvalue weighted by atomic mass is 15.0. The van der Waals surface area contributed by atoms with Gasteiger partial charge in [0, 0.05) is 65.8 Å². The lowest BCUT2D eigenvalue weighted by atomic mass is 10.0. The SMILES string of the molecule is c1ccc(-c2cccc(-n3c4ccccc4c4cc(-c5ccc6c(c5)c5ccccc5n6-c5ccc6ccccc6c5)ccc43)c2)cc1.c1ccc(-c2cccc(-n3c4ccccc4c4cc(-c5ccc6c(c5)c5ccccc5n6-c5cccc(-c6ccccc6)c5)ccc43)c2)cc1. The molecule has 4 aromatic heterocycles. The second-order valence-corrected chi connectivity index (χ2v) is 25.6. The molecule has 0 atom stereocenters. The molecule has 20 rings (SSSR count). The molecule has 98 heavy (non-hydrogen) atoms. The molecular formula is C94H62N4. The highest BCUT2D eigenvalue weighted by Crippen LogP contribution is 2.42. The van der Waals surface area contributed by atoms with E-state index in [2.05, 4.69) is 394 Å². The Labute approximate surface area is 567 Å². The van der Waals surface area contributed by atoms with Gasteiger partial charge in [-0.2, -0.15) is 0 Å². The quantitative estimate of drug-likeness (QED) is 0.137. The van der Waals surface area contributed by atoms with Crippen LogP contribution in [0.2, 0.25) is 0 Å². The number of fused-ring (bicyclic) bond motifs is 13. The molecule has 0 radical (unpaired) electrons. The van der Waals surface area contributed by atoms with E-state index in [1.807, 2.05) is 0 Å². The van der Waals surface area contributed by atoms with Crippen molar-refractivity contribution in [2.24, 2.45) is 0 Å². The van der Waals surface area contributed by atoms with Gasteiger partial charge in [0.05, 0.1) is 44.1 Å². The van der Waals surface area contributed by atoms with E-state index < -0.39 is 0 Å². The molecule has 0 aliphatic rings. The van der Waals surface area contributed by atoms with Crippen LogP contribution in [0.15, 0.2) is 376 Å². The number of rotatable bonds is 9. The molecular weight excluding hydrogens is 1190 g/mol. The monoisotopic (exact) mass is 1250 g/mol. The maximum atomic E-state index is 2.40. The summed E-state index contributed by atoms with van der Waals surface area (Å²) in [6, 6.07) is 137. The third-order valence-electron chi connectivity index (χ3n) is 20.0. The van der Waals surface area contributed by atoms with Crippen molar-refractivity contribution >= 4 is 98.0 Å². The summed E-state index contributed by atoms with van der Waals surface area (Å²) in [7, 11) is 0. The van der Waals surface area contributed by atoms with Gasteiger partial charge in [0.25, 0.3) is 0 Å². The molecule has 0 aliphatic heterocycles. The highest BCUT2D eigenvalue weighted by molar-refractivity contribution is 6.15. The smallest absolute Gasteiger partial charge is 0.0541 e. The van der Waals surface area contributed by atoms with E-state index in [0.717, 1.165) is 11.4 Å². The third-order valence-corrected chi connectivity index (χ3v) is 20.0. The Balaban J connectivity index is 0.000000137. The van der Waals surface area contributed by atoms with Crippen LogP contribution < -0.4 is 0 Å². The van der Waals surface area contributed by atoms with E-state index in [4.69, 9.17) is 0 Å². The molecule has 16 aromatic carbocycles. The molecule has 0 saturated heterocycles. The second kappa shape index (κ2) is 23.5. The van der Waals surface area contributed by atoms with Gasteiger partial charge in [0.15, 0.2) is 0 Å². The zero-order valence-electron chi connectivity index (χ0n) is 53.6. The minimum Gasteiger partial charge on any atom is -0.309 e. The van der Waals surface area contributed by atoms with Crippen LogP contribution in [0.4, 0.5) is 0 Å². The normalized spacial score (nSPS) is 11.7. The van der Waals surface area contributed by atoms with Crippen LogP contribution in [-0.4, -0.2) is 18.3 Å². The summed E-state index contributed by atoms with van der Waals surface area (Å²) in [6.45, 7) is 0. The topological polar surface area (TPSA) is 19.7 Å². The van der Waals surface area contributed by atoms with Crippen LogP contribution in [-0.2, 0) is 0 Å². The van der Waals surface area contributed by atoms with Gasteiger partial charge in [-0.1, -0.05) is 255 Å². The summed E-state index contributed by atoms with van der Waals surface area (Å²) in [4.78, 5) is 0. The number of hydrogen-bond acceptors (Lipinski definition) is 0. The fourth-order valence-corrected chi connectivity index (χ4v) is 15.4. The molecule has 0 saturated carbocycles. The summed E-state index contributed by atoms with van der Waals surface area (Å²) in [5.41, 5.74) is 26.5. The lowest BCUT2D eigenvalue weighted by Gasteiger charge is -2.11. The molecule has 458 valence electrons. The number of hydrogen-bond donors (Lipinski definition) is 0. The lowest BCUT2D eigenvalue weighted by molar-refractivity contribution is 1.18. The molecule has 0 amide bonds. The Kier molecular flexibility index (Phi) is 13.5. The Morgan fingerprint density at radius 2 is 0.367 bits per heavy atom. The van der Waals surface area contributed by atoms with E-state index in [0.29, 0.717) is 0 Å². The Morgan fingerprint density at radius 1 is 0.122 bits per heavy atom. The van der Waals surface area contributed by atoms with Crippen molar-refractivity contribution in [3.8, 4) is 78.4 Å². The summed E-state index contributed by atoms with van der Waals surface area (Å²) in [5, 5.41) is 12.6. The van der Waals surface area contributed by atoms with Gasteiger partial charge in [0.2, 0.25) is 0 Å². The van der Waals surface area contributed by atoms with Crippen LogP contribution in [0.5, 0.6) is 0 Å². The fraction of sp³-hybridized carbons (Fsp3) is 0. The zero-order chi connectivity index (χ0) is 64.6. The zero-order valence-corrected chi connectivity index (χ0v) is 53.6. The second-order valence-electron chi connectivity index (χ2n) is 25.6. The summed E-state index contributed by atoms with van der Waals surface area (Å²) < 4.78 is 9.62. The first-order valence-electron chi connectivity index (χ1n) is 33.7. The maximum absolute atomic E-state index is 2.40. The molecule has 20 aromatic rings. The molecule has 0 unspecified atom stereocenters. The average molecular weight is 1250 g/mol. The standard InChI is InChI=1S/C48H32N2.C46H30N2/c1-3-13-33(14-4-1)35-17-11-19-39(29-35)49-45-23-9-7-21-41(45)43-31-37(25-27-47(43)49)38-26-28-48-44(32-38)42-22-8-10-24-46(42)50(48)40-20-12-18-36(30-40)34-15-5-2-6-16-34;1-2-11-31(12-3-1)34-15-10-16-37(27-34)47-43-19-8-6-17-39(43)41-29-35(22-25-45(41)47)36-23-26-46-42(30-36)40-18-7-9-20-44(40)48(46)38-24-21-32-13-4-5-14-33(32)28-38/h1-32H;1-30H. The Bertz CT molecular complexity index is 6280. The minimum atomic E-state index is 1.16. The van der Waals surface area contributed by atoms with Crippen molar-refractivity contribution in [1.82, 2.24) is 18.3 Å². The van der Waals surface area contributed by atoms with E-state index in [1.54, 1.807) is 0 Å². The van der Waals surface area contributed by atoms with Gasteiger partial charge in [-0.05, 0) is 188 Å². The van der Waals surface area contributed by atoms with Crippen molar-refractivity contribution in [2.75, 3.05) is 0 Å². The summed E-state index contributed by atoms with van der Waals surface area (Å²) >= 11 is 0. The largest absolute Gasteiger partial charge is 0.309 e. The van der Waals surface area contributed by atoms with E-state index in [1.165, 1.54) is 165 Å². The number of nitrogens with zero attached hydrogens (tertiary/aromatic N) is 4. The van der Waals surface area contributed by atoms with Crippen molar-refractivity contribution in [3.63, 3.8) is 0 Å². The van der Waals surface area contributed by atoms with Crippen molar-refractivity contribution in [1.29, 1.82) is 0 Å². The van der Waals surface area contributed by atoms with Crippen molar-refractivity contribution in [2.45, 2.75) is 0 Å². The summed E-state index contributed by atoms with van der Waals surface area (Å²) in [6.07, 6.45) is 0. The number of para-hydroxylation sites is 4.